The number of hydrogen-bond acceptors (Lipinski definition) is 6. The zero-order chi connectivity index (χ0) is 24.4. The van der Waals surface area contributed by atoms with Crippen molar-refractivity contribution in [2.75, 3.05) is 10.0 Å². The van der Waals surface area contributed by atoms with Crippen LogP contribution in [0.2, 0.25) is 0 Å². The zero-order valence-electron chi connectivity index (χ0n) is 18.2. The topological polar surface area (TPSA) is 108 Å². The first-order chi connectivity index (χ1) is 16.9. The van der Waals surface area contributed by atoms with Crippen LogP contribution in [-0.4, -0.2) is 24.4 Å². The predicted molar refractivity (Wildman–Crippen MR) is 138 cm³/mol. The van der Waals surface area contributed by atoms with Crippen molar-refractivity contribution < 1.29 is 18.3 Å². The molecule has 1 heterocycles. The molecule has 0 aliphatic heterocycles. The Labute approximate surface area is 205 Å². The number of thiazole rings is 1. The lowest BCUT2D eigenvalue weighted by Gasteiger charge is -2.10. The summed E-state index contributed by atoms with van der Waals surface area (Å²) in [6.45, 7) is 0. The van der Waals surface area contributed by atoms with E-state index in [-0.39, 0.29) is 10.6 Å². The number of phenols is 1. The van der Waals surface area contributed by atoms with Crippen LogP contribution in [0.5, 0.6) is 5.75 Å². The van der Waals surface area contributed by atoms with Crippen LogP contribution in [0.25, 0.3) is 20.8 Å². The highest BCUT2D eigenvalue weighted by Crippen LogP contribution is 2.36. The fourth-order valence-corrected chi connectivity index (χ4v) is 5.56. The number of phenolic OH excluding ortho intramolecular Hbond substituents is 1. The van der Waals surface area contributed by atoms with E-state index in [0.29, 0.717) is 27.5 Å². The predicted octanol–water partition coefficient (Wildman–Crippen LogP) is 5.72. The quantitative estimate of drug-likeness (QED) is 0.276. The molecule has 35 heavy (non-hydrogen) atoms. The van der Waals surface area contributed by atoms with Crippen molar-refractivity contribution in [3.05, 3.63) is 103 Å². The van der Waals surface area contributed by atoms with Crippen molar-refractivity contribution in [3.8, 4) is 16.3 Å². The molecule has 3 N–H and O–H groups in total. The minimum absolute atomic E-state index is 0.00697. The number of anilines is 2. The van der Waals surface area contributed by atoms with E-state index >= 15 is 0 Å². The number of nitrogens with one attached hydrogen (secondary N) is 2. The summed E-state index contributed by atoms with van der Waals surface area (Å²) < 4.78 is 28.4. The number of sulfonamides is 1. The van der Waals surface area contributed by atoms with E-state index in [1.54, 1.807) is 30.3 Å². The number of aromatic hydroxyl groups is 1. The van der Waals surface area contributed by atoms with Crippen LogP contribution in [0.3, 0.4) is 0 Å². The van der Waals surface area contributed by atoms with E-state index in [9.17, 15) is 18.3 Å². The van der Waals surface area contributed by atoms with Gasteiger partial charge in [0.25, 0.3) is 15.9 Å². The van der Waals surface area contributed by atoms with Crippen LogP contribution in [0, 0.1) is 0 Å². The van der Waals surface area contributed by atoms with Crippen molar-refractivity contribution in [2.24, 2.45) is 0 Å². The summed E-state index contributed by atoms with van der Waals surface area (Å²) in [7, 11) is -3.72. The molecule has 0 spiro atoms. The molecule has 0 unspecified atom stereocenters. The number of nitrogens with zero attached hydrogens (tertiary/aromatic N) is 1. The van der Waals surface area contributed by atoms with Gasteiger partial charge in [0.05, 0.1) is 20.7 Å². The minimum Gasteiger partial charge on any atom is -0.507 e. The lowest BCUT2D eigenvalue weighted by atomic mass is 10.1. The van der Waals surface area contributed by atoms with Crippen LogP contribution < -0.4 is 10.0 Å². The van der Waals surface area contributed by atoms with Gasteiger partial charge in [-0.15, -0.1) is 11.3 Å². The average Bonchev–Trinajstić information content (AvgIpc) is 3.29. The van der Waals surface area contributed by atoms with Crippen molar-refractivity contribution in [1.82, 2.24) is 4.98 Å². The molecule has 0 fully saturated rings. The number of carbonyl (C=O) groups excluding carboxylic acids is 1. The molecule has 9 heteroatoms. The highest BCUT2D eigenvalue weighted by Gasteiger charge is 2.15. The molecule has 0 radical (unpaired) electrons. The number of rotatable bonds is 6. The van der Waals surface area contributed by atoms with E-state index in [2.05, 4.69) is 15.0 Å². The van der Waals surface area contributed by atoms with Crippen molar-refractivity contribution in [2.45, 2.75) is 4.90 Å². The molecule has 0 saturated heterocycles. The van der Waals surface area contributed by atoms with Crippen LogP contribution in [0.15, 0.2) is 102 Å². The average molecular weight is 502 g/mol. The lowest BCUT2D eigenvalue weighted by molar-refractivity contribution is 0.102. The van der Waals surface area contributed by atoms with Crippen molar-refractivity contribution in [1.29, 1.82) is 0 Å². The molecule has 1 aromatic heterocycles. The monoisotopic (exact) mass is 501 g/mol. The Morgan fingerprint density at radius 2 is 1.51 bits per heavy atom. The number of benzene rings is 4. The maximum absolute atomic E-state index is 12.7. The minimum atomic E-state index is -3.72. The van der Waals surface area contributed by atoms with Gasteiger partial charge in [-0.05, 0) is 60.7 Å². The maximum Gasteiger partial charge on any atom is 0.261 e. The van der Waals surface area contributed by atoms with Crippen LogP contribution >= 0.6 is 11.3 Å². The number of aromatic nitrogens is 1. The summed E-state index contributed by atoms with van der Waals surface area (Å²) in [4.78, 5) is 17.4. The van der Waals surface area contributed by atoms with Gasteiger partial charge in [0.1, 0.15) is 10.8 Å². The van der Waals surface area contributed by atoms with E-state index < -0.39 is 15.9 Å². The van der Waals surface area contributed by atoms with Crippen LogP contribution in [0.1, 0.15) is 10.4 Å². The van der Waals surface area contributed by atoms with Gasteiger partial charge in [0.15, 0.2) is 0 Å². The second-order valence-corrected chi connectivity index (χ2v) is 10.4. The normalized spacial score (nSPS) is 11.3. The first-order valence-corrected chi connectivity index (χ1v) is 12.9. The fourth-order valence-electron chi connectivity index (χ4n) is 3.48. The third-order valence-electron chi connectivity index (χ3n) is 5.23. The molecule has 4 aromatic carbocycles. The standard InChI is InChI=1S/C26H19N3O4S2/c30-23-16-19(14-15-21(23)26-28-22-8-4-5-9-24(22)34-26)27-25(31)17-10-12-18(13-11-17)29-35(32,33)20-6-2-1-3-7-20/h1-16,29-30H,(H,27,31). The molecule has 0 aliphatic rings. The number of amides is 1. The molecule has 5 aromatic rings. The van der Waals surface area contributed by atoms with Gasteiger partial charge in [-0.25, -0.2) is 13.4 Å². The van der Waals surface area contributed by atoms with Crippen LogP contribution in [0.4, 0.5) is 11.4 Å². The highest BCUT2D eigenvalue weighted by atomic mass is 32.2. The van der Waals surface area contributed by atoms with Gasteiger partial charge < -0.3 is 10.4 Å². The largest absolute Gasteiger partial charge is 0.507 e. The zero-order valence-corrected chi connectivity index (χ0v) is 19.8. The Morgan fingerprint density at radius 1 is 0.829 bits per heavy atom. The summed E-state index contributed by atoms with van der Waals surface area (Å²) in [5.41, 5.74) is 2.54. The Bertz CT molecular complexity index is 1600. The maximum atomic E-state index is 12.7. The van der Waals surface area contributed by atoms with Gasteiger partial charge in [-0.1, -0.05) is 30.3 Å². The van der Waals surface area contributed by atoms with Gasteiger partial charge in [-0.3, -0.25) is 9.52 Å². The Morgan fingerprint density at radius 3 is 2.23 bits per heavy atom. The van der Waals surface area contributed by atoms with E-state index in [0.717, 1.165) is 10.2 Å². The number of fused-ring (bicyclic) bond motifs is 1. The first kappa shape index (κ1) is 22.6. The third kappa shape index (κ3) is 4.86. The SMILES string of the molecule is O=C(Nc1ccc(-c2nc3ccccc3s2)c(O)c1)c1ccc(NS(=O)(=O)c2ccccc2)cc1. The Balaban J connectivity index is 1.28. The van der Waals surface area contributed by atoms with Crippen molar-refractivity contribution in [3.63, 3.8) is 0 Å². The molecule has 7 nitrogen and oxygen atoms in total. The van der Waals surface area contributed by atoms with E-state index in [1.165, 1.54) is 53.8 Å². The summed E-state index contributed by atoms with van der Waals surface area (Å²) in [5.74, 6) is -0.387. The molecule has 0 saturated carbocycles. The van der Waals surface area contributed by atoms with Gasteiger partial charge in [0, 0.05) is 23.0 Å². The highest BCUT2D eigenvalue weighted by molar-refractivity contribution is 7.92. The molecular formula is C26H19N3O4S2. The lowest BCUT2D eigenvalue weighted by Crippen LogP contribution is -2.14. The molecule has 5 rings (SSSR count). The summed E-state index contributed by atoms with van der Waals surface area (Å²) >= 11 is 1.48. The molecule has 0 aliphatic carbocycles. The number of hydrogen-bond donors (Lipinski definition) is 3. The van der Waals surface area contributed by atoms with E-state index in [4.69, 9.17) is 0 Å². The summed E-state index contributed by atoms with van der Waals surface area (Å²) in [6, 6.07) is 26.7. The summed E-state index contributed by atoms with van der Waals surface area (Å²) in [6.07, 6.45) is 0. The third-order valence-corrected chi connectivity index (χ3v) is 7.70. The van der Waals surface area contributed by atoms with Gasteiger partial charge in [0.2, 0.25) is 0 Å². The number of carbonyl (C=O) groups is 1. The second-order valence-electron chi connectivity index (χ2n) is 7.67. The van der Waals surface area contributed by atoms with Crippen LogP contribution in [-0.2, 0) is 10.0 Å². The Hall–Kier alpha value is -4.21. The van der Waals surface area contributed by atoms with Gasteiger partial charge >= 0.3 is 0 Å². The summed E-state index contributed by atoms with van der Waals surface area (Å²) in [5, 5.41) is 14.0. The molecule has 1 amide bonds. The molecular weight excluding hydrogens is 482 g/mol. The second kappa shape index (κ2) is 9.21. The van der Waals surface area contributed by atoms with E-state index in [1.807, 2.05) is 24.3 Å². The first-order valence-electron chi connectivity index (χ1n) is 10.6. The smallest absolute Gasteiger partial charge is 0.261 e. The molecule has 174 valence electrons. The fraction of sp³-hybridized carbons (Fsp3) is 0. The number of para-hydroxylation sites is 1. The molecule has 0 atom stereocenters. The molecule has 0 bridgehead atoms. The Kier molecular flexibility index (Phi) is 5.94. The van der Waals surface area contributed by atoms with Gasteiger partial charge in [-0.2, -0.15) is 0 Å². The van der Waals surface area contributed by atoms with Crippen molar-refractivity contribution >= 4 is 48.9 Å².